The van der Waals surface area contributed by atoms with E-state index in [1.54, 1.807) is 7.11 Å². The van der Waals surface area contributed by atoms with Gasteiger partial charge < -0.3 is 10.1 Å². The molecule has 0 saturated carbocycles. The van der Waals surface area contributed by atoms with Crippen molar-refractivity contribution in [1.29, 1.82) is 0 Å². The van der Waals surface area contributed by atoms with Gasteiger partial charge >= 0.3 is 0 Å². The standard InChI is InChI=1S/C19H26N4O/c1-14-12-15(5-6-17(14)24-2)4-3-11-23-13-18(21-22-23)19-9-7-16(20-19)8-10-19/h5-6,12-13,16,20H,3-4,7-11H2,1-2H3. The third-order valence-electron chi connectivity index (χ3n) is 5.66. The minimum atomic E-state index is 0.121. The molecule has 2 aromatic rings. The number of rotatable bonds is 6. The molecule has 0 amide bonds. The molecule has 2 bridgehead atoms. The average molecular weight is 326 g/mol. The molecule has 2 saturated heterocycles. The fourth-order valence-electron chi connectivity index (χ4n) is 4.29. The van der Waals surface area contributed by atoms with Crippen LogP contribution in [0.3, 0.4) is 0 Å². The summed E-state index contributed by atoms with van der Waals surface area (Å²) in [4.78, 5) is 0. The van der Waals surface area contributed by atoms with Crippen LogP contribution in [0.1, 0.15) is 48.9 Å². The second-order valence-electron chi connectivity index (χ2n) is 7.28. The maximum absolute atomic E-state index is 5.32. The van der Waals surface area contributed by atoms with Crippen molar-refractivity contribution in [2.75, 3.05) is 7.11 Å². The first-order chi connectivity index (χ1) is 11.7. The summed E-state index contributed by atoms with van der Waals surface area (Å²) in [6.07, 6.45) is 9.25. The Balaban J connectivity index is 1.34. The molecule has 1 aromatic heterocycles. The largest absolute Gasteiger partial charge is 0.496 e. The molecular formula is C19H26N4O. The summed E-state index contributed by atoms with van der Waals surface area (Å²) in [5.74, 6) is 0.956. The highest BCUT2D eigenvalue weighted by molar-refractivity contribution is 5.36. The zero-order valence-corrected chi connectivity index (χ0v) is 14.6. The second kappa shape index (κ2) is 6.20. The molecule has 4 rings (SSSR count). The van der Waals surface area contributed by atoms with Gasteiger partial charge in [0.05, 0.1) is 18.8 Å². The van der Waals surface area contributed by atoms with Gasteiger partial charge in [-0.2, -0.15) is 0 Å². The minimum Gasteiger partial charge on any atom is -0.496 e. The van der Waals surface area contributed by atoms with Crippen molar-refractivity contribution in [3.63, 3.8) is 0 Å². The van der Waals surface area contributed by atoms with Gasteiger partial charge in [-0.25, -0.2) is 0 Å². The minimum absolute atomic E-state index is 0.121. The van der Waals surface area contributed by atoms with Gasteiger partial charge in [-0.15, -0.1) is 5.10 Å². The maximum Gasteiger partial charge on any atom is 0.121 e. The Kier molecular flexibility index (Phi) is 4.04. The van der Waals surface area contributed by atoms with E-state index in [0.717, 1.165) is 30.8 Å². The number of hydrogen-bond donors (Lipinski definition) is 1. The molecule has 1 N–H and O–H groups in total. The zero-order chi connectivity index (χ0) is 16.6. The van der Waals surface area contributed by atoms with Gasteiger partial charge in [0.15, 0.2) is 0 Å². The summed E-state index contributed by atoms with van der Waals surface area (Å²) in [5, 5.41) is 12.6. The van der Waals surface area contributed by atoms with E-state index in [1.807, 2.05) is 4.68 Å². The van der Waals surface area contributed by atoms with E-state index in [4.69, 9.17) is 4.74 Å². The quantitative estimate of drug-likeness (QED) is 0.887. The van der Waals surface area contributed by atoms with Crippen molar-refractivity contribution in [3.8, 4) is 5.75 Å². The van der Waals surface area contributed by atoms with Crippen LogP contribution < -0.4 is 10.1 Å². The van der Waals surface area contributed by atoms with Crippen molar-refractivity contribution in [2.45, 2.75) is 63.6 Å². The van der Waals surface area contributed by atoms with E-state index in [2.05, 4.69) is 46.9 Å². The highest BCUT2D eigenvalue weighted by Gasteiger charge is 2.47. The predicted molar refractivity (Wildman–Crippen MR) is 93.1 cm³/mol. The number of aryl methyl sites for hydroxylation is 3. The fourth-order valence-corrected chi connectivity index (χ4v) is 4.29. The van der Waals surface area contributed by atoms with Gasteiger partial charge in [-0.1, -0.05) is 17.3 Å². The first kappa shape index (κ1) is 15.6. The van der Waals surface area contributed by atoms with Crippen LogP contribution in [0.25, 0.3) is 0 Å². The van der Waals surface area contributed by atoms with Crippen LogP contribution in [0.15, 0.2) is 24.4 Å². The number of aromatic nitrogens is 3. The summed E-state index contributed by atoms with van der Waals surface area (Å²) < 4.78 is 7.33. The molecule has 5 nitrogen and oxygen atoms in total. The Morgan fingerprint density at radius 2 is 2.17 bits per heavy atom. The second-order valence-corrected chi connectivity index (χ2v) is 7.28. The zero-order valence-electron chi connectivity index (χ0n) is 14.6. The smallest absolute Gasteiger partial charge is 0.121 e. The molecule has 0 radical (unpaired) electrons. The highest BCUT2D eigenvalue weighted by atomic mass is 16.5. The predicted octanol–water partition coefficient (Wildman–Crippen LogP) is 2.97. The van der Waals surface area contributed by atoms with E-state index >= 15 is 0 Å². The molecule has 0 atom stereocenters. The molecule has 128 valence electrons. The molecule has 0 unspecified atom stereocenters. The third-order valence-corrected chi connectivity index (χ3v) is 5.66. The van der Waals surface area contributed by atoms with E-state index in [-0.39, 0.29) is 5.54 Å². The van der Waals surface area contributed by atoms with Crippen molar-refractivity contribution >= 4 is 0 Å². The van der Waals surface area contributed by atoms with Gasteiger partial charge in [-0.3, -0.25) is 4.68 Å². The van der Waals surface area contributed by atoms with E-state index in [0.29, 0.717) is 6.04 Å². The Hall–Kier alpha value is -1.88. The van der Waals surface area contributed by atoms with Crippen LogP contribution in [-0.2, 0) is 18.5 Å². The Morgan fingerprint density at radius 3 is 2.83 bits per heavy atom. The summed E-state index contributed by atoms with van der Waals surface area (Å²) in [7, 11) is 1.72. The normalized spacial score (nSPS) is 25.3. The van der Waals surface area contributed by atoms with Crippen molar-refractivity contribution in [2.24, 2.45) is 0 Å². The van der Waals surface area contributed by atoms with Crippen LogP contribution in [-0.4, -0.2) is 28.1 Å². The number of fused-ring (bicyclic) bond motifs is 2. The van der Waals surface area contributed by atoms with Crippen LogP contribution in [0, 0.1) is 6.92 Å². The SMILES string of the molecule is COc1ccc(CCCn2cc(C34CCC(CC3)N4)nn2)cc1C. The molecular weight excluding hydrogens is 300 g/mol. The summed E-state index contributed by atoms with van der Waals surface area (Å²) in [6, 6.07) is 7.12. The number of nitrogens with zero attached hydrogens (tertiary/aromatic N) is 3. The van der Waals surface area contributed by atoms with Gasteiger partial charge in [0, 0.05) is 12.6 Å². The number of hydrogen-bond acceptors (Lipinski definition) is 4. The lowest BCUT2D eigenvalue weighted by Gasteiger charge is -2.22. The Morgan fingerprint density at radius 1 is 1.33 bits per heavy atom. The van der Waals surface area contributed by atoms with Crippen LogP contribution >= 0.6 is 0 Å². The summed E-state index contributed by atoms with van der Waals surface area (Å²) in [6.45, 7) is 3.01. The van der Waals surface area contributed by atoms with E-state index in [1.165, 1.54) is 36.8 Å². The molecule has 0 spiro atoms. The van der Waals surface area contributed by atoms with Gasteiger partial charge in [-0.05, 0) is 62.6 Å². The lowest BCUT2D eigenvalue weighted by Crippen LogP contribution is -2.33. The molecule has 2 aliphatic rings. The molecule has 2 aliphatic heterocycles. The maximum atomic E-state index is 5.32. The van der Waals surface area contributed by atoms with Crippen molar-refractivity contribution in [1.82, 2.24) is 20.3 Å². The van der Waals surface area contributed by atoms with Crippen molar-refractivity contribution in [3.05, 3.63) is 41.2 Å². The van der Waals surface area contributed by atoms with E-state index < -0.39 is 0 Å². The van der Waals surface area contributed by atoms with Crippen molar-refractivity contribution < 1.29 is 4.74 Å². The first-order valence-electron chi connectivity index (χ1n) is 9.00. The lowest BCUT2D eigenvalue weighted by atomic mass is 9.86. The average Bonchev–Trinajstić information content (AvgIpc) is 3.31. The lowest BCUT2D eigenvalue weighted by molar-refractivity contribution is 0.389. The molecule has 24 heavy (non-hydrogen) atoms. The fraction of sp³-hybridized carbons (Fsp3) is 0.579. The van der Waals surface area contributed by atoms with Crippen LogP contribution in [0.4, 0.5) is 0 Å². The molecule has 3 heterocycles. The highest BCUT2D eigenvalue weighted by Crippen LogP contribution is 2.43. The molecule has 5 heteroatoms. The first-order valence-corrected chi connectivity index (χ1v) is 9.00. The summed E-state index contributed by atoms with van der Waals surface area (Å²) in [5.41, 5.74) is 3.81. The van der Waals surface area contributed by atoms with Crippen LogP contribution in [0.5, 0.6) is 5.75 Å². The number of ether oxygens (including phenoxy) is 1. The number of benzene rings is 1. The monoisotopic (exact) mass is 326 g/mol. The van der Waals surface area contributed by atoms with E-state index in [9.17, 15) is 0 Å². The summed E-state index contributed by atoms with van der Waals surface area (Å²) >= 11 is 0. The van der Waals surface area contributed by atoms with Crippen LogP contribution in [0.2, 0.25) is 0 Å². The number of nitrogens with one attached hydrogen (secondary N) is 1. The molecule has 2 fully saturated rings. The Labute approximate surface area is 143 Å². The molecule has 0 aliphatic carbocycles. The van der Waals surface area contributed by atoms with Gasteiger partial charge in [0.1, 0.15) is 11.4 Å². The van der Waals surface area contributed by atoms with Gasteiger partial charge in [0.2, 0.25) is 0 Å². The molecule has 1 aromatic carbocycles. The van der Waals surface area contributed by atoms with Gasteiger partial charge in [0.25, 0.3) is 0 Å². The third kappa shape index (κ3) is 2.81. The number of methoxy groups -OCH3 is 1. The topological polar surface area (TPSA) is 52.0 Å². The Bertz CT molecular complexity index is 716.